The van der Waals surface area contributed by atoms with Gasteiger partial charge in [-0.25, -0.2) is 9.78 Å². The molecule has 0 unspecified atom stereocenters. The smallest absolute Gasteiger partial charge is 0.349 e. The molecule has 0 bridgehead atoms. The third-order valence-corrected chi connectivity index (χ3v) is 5.12. The van der Waals surface area contributed by atoms with E-state index in [2.05, 4.69) is 23.7 Å². The maximum absolute atomic E-state index is 12.0. The number of rotatable bonds is 7. The summed E-state index contributed by atoms with van der Waals surface area (Å²) in [6.07, 6.45) is 0. The van der Waals surface area contributed by atoms with Crippen LogP contribution >= 0.6 is 22.9 Å². The van der Waals surface area contributed by atoms with Gasteiger partial charge in [0.15, 0.2) is 11.7 Å². The molecule has 0 amide bonds. The fraction of sp³-hybridized carbons (Fsp3) is 0.263. The number of carbonyl (C=O) groups is 1. The molecule has 1 aromatic heterocycles. The molecule has 2 aromatic carbocycles. The highest BCUT2D eigenvalue weighted by molar-refractivity contribution is 7.22. The average Bonchev–Trinajstić information content (AvgIpc) is 3.05. The molecule has 0 aliphatic rings. The van der Waals surface area contributed by atoms with Crippen molar-refractivity contribution in [2.24, 2.45) is 0 Å². The molecule has 0 spiro atoms. The Kier molecular flexibility index (Phi) is 5.96. The van der Waals surface area contributed by atoms with Crippen LogP contribution in [0.3, 0.4) is 0 Å². The lowest BCUT2D eigenvalue weighted by atomic mass is 10.3. The summed E-state index contributed by atoms with van der Waals surface area (Å²) in [4.78, 5) is 18.8. The Morgan fingerprint density at radius 1 is 1.12 bits per heavy atom. The number of ether oxygens (including phenoxy) is 2. The van der Waals surface area contributed by atoms with Crippen molar-refractivity contribution in [1.29, 1.82) is 0 Å². The van der Waals surface area contributed by atoms with Crippen molar-refractivity contribution < 1.29 is 14.3 Å². The lowest BCUT2D eigenvalue weighted by Gasteiger charge is -2.16. The van der Waals surface area contributed by atoms with Gasteiger partial charge in [0.05, 0.1) is 10.2 Å². The number of hydrogen-bond donors (Lipinski definition) is 0. The van der Waals surface area contributed by atoms with Gasteiger partial charge in [-0.05, 0) is 50.2 Å². The molecule has 0 radical (unpaired) electrons. The molecule has 0 atom stereocenters. The van der Waals surface area contributed by atoms with Crippen LogP contribution in [0.5, 0.6) is 11.5 Å². The second-order valence-electron chi connectivity index (χ2n) is 5.51. The van der Waals surface area contributed by atoms with Gasteiger partial charge in [0, 0.05) is 24.2 Å². The number of carbonyl (C=O) groups excluding carboxylic acids is 1. The van der Waals surface area contributed by atoms with Gasteiger partial charge < -0.3 is 14.4 Å². The van der Waals surface area contributed by atoms with E-state index in [9.17, 15) is 4.79 Å². The first-order chi connectivity index (χ1) is 12.6. The fourth-order valence-corrected chi connectivity index (χ4v) is 3.67. The molecule has 3 rings (SSSR count). The van der Waals surface area contributed by atoms with Crippen molar-refractivity contribution in [3.8, 4) is 11.5 Å². The number of aromatic nitrogens is 1. The first kappa shape index (κ1) is 18.5. The van der Waals surface area contributed by atoms with Crippen LogP contribution in [-0.2, 0) is 4.79 Å². The number of thiazole rings is 1. The lowest BCUT2D eigenvalue weighted by Crippen LogP contribution is -2.21. The van der Waals surface area contributed by atoms with Crippen molar-refractivity contribution in [3.63, 3.8) is 0 Å². The van der Waals surface area contributed by atoms with Crippen LogP contribution in [0.1, 0.15) is 13.8 Å². The van der Waals surface area contributed by atoms with Crippen molar-refractivity contribution in [2.75, 3.05) is 24.6 Å². The van der Waals surface area contributed by atoms with Gasteiger partial charge in [0.25, 0.3) is 0 Å². The molecule has 0 aliphatic carbocycles. The van der Waals surface area contributed by atoms with E-state index < -0.39 is 5.97 Å². The molecular formula is C19H19ClN2O3S. The minimum Gasteiger partial charge on any atom is -0.482 e. The first-order valence-corrected chi connectivity index (χ1v) is 9.53. The van der Waals surface area contributed by atoms with Crippen LogP contribution in [0, 0.1) is 0 Å². The zero-order chi connectivity index (χ0) is 18.5. The Morgan fingerprint density at radius 2 is 1.81 bits per heavy atom. The monoisotopic (exact) mass is 390 g/mol. The van der Waals surface area contributed by atoms with Gasteiger partial charge >= 0.3 is 5.97 Å². The average molecular weight is 391 g/mol. The van der Waals surface area contributed by atoms with E-state index in [0.29, 0.717) is 16.5 Å². The number of halogens is 1. The number of esters is 1. The molecular weight excluding hydrogens is 372 g/mol. The summed E-state index contributed by atoms with van der Waals surface area (Å²) in [5.74, 6) is 0.581. The zero-order valence-corrected chi connectivity index (χ0v) is 16.1. The van der Waals surface area contributed by atoms with Crippen molar-refractivity contribution >= 4 is 44.3 Å². The maximum Gasteiger partial charge on any atom is 0.349 e. The van der Waals surface area contributed by atoms with Gasteiger partial charge in [-0.3, -0.25) is 0 Å². The summed E-state index contributed by atoms with van der Waals surface area (Å²) in [6.45, 7) is 5.83. The predicted molar refractivity (Wildman–Crippen MR) is 106 cm³/mol. The highest BCUT2D eigenvalue weighted by Crippen LogP contribution is 2.31. The van der Waals surface area contributed by atoms with Crippen LogP contribution in [-0.4, -0.2) is 30.6 Å². The zero-order valence-electron chi connectivity index (χ0n) is 14.6. The van der Waals surface area contributed by atoms with Crippen LogP contribution in [0.4, 0.5) is 5.13 Å². The molecule has 7 heteroatoms. The van der Waals surface area contributed by atoms with E-state index in [1.54, 1.807) is 41.7 Å². The molecule has 0 saturated heterocycles. The maximum atomic E-state index is 12.0. The molecule has 1 heterocycles. The number of fused-ring (bicyclic) bond motifs is 1. The predicted octanol–water partition coefficient (Wildman–Crippen LogP) is 4.78. The standard InChI is InChI=1S/C19H19ClN2O3S/c1-3-22(4-2)19-21-16-10-9-15(11-17(16)26-19)25-18(23)12-24-14-7-5-13(20)6-8-14/h5-11H,3-4,12H2,1-2H3. The number of hydrogen-bond acceptors (Lipinski definition) is 6. The summed E-state index contributed by atoms with van der Waals surface area (Å²) in [5.41, 5.74) is 0.897. The largest absolute Gasteiger partial charge is 0.482 e. The number of benzene rings is 2. The summed E-state index contributed by atoms with van der Waals surface area (Å²) in [7, 11) is 0. The Labute approximate surface area is 161 Å². The van der Waals surface area contributed by atoms with Crippen molar-refractivity contribution in [1.82, 2.24) is 4.98 Å². The molecule has 3 aromatic rings. The van der Waals surface area contributed by atoms with Gasteiger partial charge in [0.1, 0.15) is 11.5 Å². The molecule has 5 nitrogen and oxygen atoms in total. The van der Waals surface area contributed by atoms with Crippen LogP contribution in [0.15, 0.2) is 42.5 Å². The van der Waals surface area contributed by atoms with E-state index >= 15 is 0 Å². The Hall–Kier alpha value is -2.31. The molecule has 0 N–H and O–H groups in total. The molecule has 136 valence electrons. The SMILES string of the molecule is CCN(CC)c1nc2ccc(OC(=O)COc3ccc(Cl)cc3)cc2s1. The molecule has 0 aliphatic heterocycles. The van der Waals surface area contributed by atoms with Crippen LogP contribution in [0.25, 0.3) is 10.2 Å². The van der Waals surface area contributed by atoms with Gasteiger partial charge in [-0.1, -0.05) is 22.9 Å². The van der Waals surface area contributed by atoms with E-state index in [1.807, 2.05) is 12.1 Å². The second-order valence-corrected chi connectivity index (χ2v) is 6.96. The molecule has 0 saturated carbocycles. The van der Waals surface area contributed by atoms with E-state index in [-0.39, 0.29) is 6.61 Å². The summed E-state index contributed by atoms with van der Waals surface area (Å²) in [5, 5.41) is 1.58. The number of anilines is 1. The topological polar surface area (TPSA) is 51.7 Å². The van der Waals surface area contributed by atoms with Crippen LogP contribution in [0.2, 0.25) is 5.02 Å². The second kappa shape index (κ2) is 8.38. The highest BCUT2D eigenvalue weighted by atomic mass is 35.5. The van der Waals surface area contributed by atoms with E-state index in [1.165, 1.54) is 0 Å². The highest BCUT2D eigenvalue weighted by Gasteiger charge is 2.12. The third-order valence-electron chi connectivity index (χ3n) is 3.78. The summed E-state index contributed by atoms with van der Waals surface area (Å²) < 4.78 is 11.7. The molecule has 0 fully saturated rings. The normalized spacial score (nSPS) is 10.7. The van der Waals surface area contributed by atoms with Gasteiger partial charge in [-0.15, -0.1) is 0 Å². The van der Waals surface area contributed by atoms with E-state index in [4.69, 9.17) is 21.1 Å². The van der Waals surface area contributed by atoms with Gasteiger partial charge in [-0.2, -0.15) is 0 Å². The number of nitrogens with zero attached hydrogens (tertiary/aromatic N) is 2. The van der Waals surface area contributed by atoms with E-state index in [0.717, 1.165) is 28.4 Å². The first-order valence-electron chi connectivity index (χ1n) is 8.33. The summed E-state index contributed by atoms with van der Waals surface area (Å²) >= 11 is 7.40. The van der Waals surface area contributed by atoms with Crippen molar-refractivity contribution in [3.05, 3.63) is 47.5 Å². The minimum atomic E-state index is -0.465. The van der Waals surface area contributed by atoms with Crippen LogP contribution < -0.4 is 14.4 Å². The Morgan fingerprint density at radius 3 is 2.50 bits per heavy atom. The lowest BCUT2D eigenvalue weighted by molar-refractivity contribution is -0.136. The Bertz CT molecular complexity index is 891. The van der Waals surface area contributed by atoms with Gasteiger partial charge in [0.2, 0.25) is 0 Å². The third kappa shape index (κ3) is 4.45. The summed E-state index contributed by atoms with van der Waals surface area (Å²) in [6, 6.07) is 12.2. The minimum absolute atomic E-state index is 0.174. The Balaban J connectivity index is 1.64. The molecule has 26 heavy (non-hydrogen) atoms. The fourth-order valence-electron chi connectivity index (χ4n) is 2.42. The van der Waals surface area contributed by atoms with Crippen molar-refractivity contribution in [2.45, 2.75) is 13.8 Å². The quantitative estimate of drug-likeness (QED) is 0.429.